The maximum absolute atomic E-state index is 11.7. The van der Waals surface area contributed by atoms with Crippen molar-refractivity contribution >= 4 is 5.91 Å². The van der Waals surface area contributed by atoms with E-state index in [9.17, 15) is 4.79 Å². The van der Waals surface area contributed by atoms with Crippen LogP contribution in [0, 0.1) is 5.92 Å². The fourth-order valence-electron chi connectivity index (χ4n) is 2.71. The van der Waals surface area contributed by atoms with Crippen molar-refractivity contribution in [3.8, 4) is 5.75 Å². The van der Waals surface area contributed by atoms with Crippen molar-refractivity contribution in [2.75, 3.05) is 13.2 Å². The van der Waals surface area contributed by atoms with Gasteiger partial charge in [-0.2, -0.15) is 0 Å². The normalized spacial score (nSPS) is 18.1. The summed E-state index contributed by atoms with van der Waals surface area (Å²) in [4.78, 5) is 11.7. The average Bonchev–Trinajstić information content (AvgIpc) is 2.36. The molecule has 0 bridgehead atoms. The zero-order valence-electron chi connectivity index (χ0n) is 11.3. The van der Waals surface area contributed by atoms with Crippen LogP contribution in [0.2, 0.25) is 0 Å². The topological polar surface area (TPSA) is 38.3 Å². The molecule has 0 unspecified atom stereocenters. The maximum Gasteiger partial charge on any atom is 0.223 e. The molecule has 1 aromatic rings. The third-order valence-corrected chi connectivity index (χ3v) is 4.16. The van der Waals surface area contributed by atoms with Crippen molar-refractivity contribution in [3.05, 3.63) is 29.3 Å². The Hall–Kier alpha value is -1.51. The Morgan fingerprint density at radius 2 is 2.21 bits per heavy atom. The monoisotopic (exact) mass is 259 g/mol. The molecular formula is C16H21NO2. The Balaban J connectivity index is 1.50. The summed E-state index contributed by atoms with van der Waals surface area (Å²) in [7, 11) is 0. The number of amides is 1. The van der Waals surface area contributed by atoms with E-state index in [1.54, 1.807) is 0 Å². The Bertz CT molecular complexity index is 466. The van der Waals surface area contributed by atoms with E-state index in [2.05, 4.69) is 23.5 Å². The molecule has 3 rings (SSSR count). The second-order valence-electron chi connectivity index (χ2n) is 5.56. The van der Waals surface area contributed by atoms with Crippen molar-refractivity contribution in [2.24, 2.45) is 5.92 Å². The van der Waals surface area contributed by atoms with Crippen LogP contribution in [0.15, 0.2) is 18.2 Å². The number of aryl methyl sites for hydroxylation is 1. The van der Waals surface area contributed by atoms with Gasteiger partial charge in [0.2, 0.25) is 5.91 Å². The van der Waals surface area contributed by atoms with Crippen LogP contribution in [0.5, 0.6) is 5.75 Å². The zero-order chi connectivity index (χ0) is 13.1. The molecule has 1 heterocycles. The third-order valence-electron chi connectivity index (χ3n) is 4.16. The fraction of sp³-hybridized carbons (Fsp3) is 0.562. The van der Waals surface area contributed by atoms with E-state index in [1.165, 1.54) is 17.5 Å². The molecule has 3 nitrogen and oxygen atoms in total. The first kappa shape index (κ1) is 12.5. The Labute approximate surface area is 114 Å². The first-order valence-corrected chi connectivity index (χ1v) is 7.35. The summed E-state index contributed by atoms with van der Waals surface area (Å²) in [6, 6.07) is 6.40. The molecule has 102 valence electrons. The molecule has 0 atom stereocenters. The molecule has 1 fully saturated rings. The highest BCUT2D eigenvalue weighted by molar-refractivity contribution is 5.79. The van der Waals surface area contributed by atoms with E-state index < -0.39 is 0 Å². The van der Waals surface area contributed by atoms with Crippen molar-refractivity contribution in [1.29, 1.82) is 0 Å². The molecule has 1 aromatic carbocycles. The first-order valence-electron chi connectivity index (χ1n) is 7.35. The number of carbonyl (C=O) groups excluding carboxylic acids is 1. The lowest BCUT2D eigenvalue weighted by atomic mass is 9.85. The molecule has 0 saturated heterocycles. The summed E-state index contributed by atoms with van der Waals surface area (Å²) in [5, 5.41) is 3.04. The van der Waals surface area contributed by atoms with Gasteiger partial charge in [-0.05, 0) is 49.3 Å². The maximum atomic E-state index is 11.7. The van der Waals surface area contributed by atoms with Crippen LogP contribution in [0.25, 0.3) is 0 Å². The van der Waals surface area contributed by atoms with Gasteiger partial charge in [0.25, 0.3) is 0 Å². The Kier molecular flexibility index (Phi) is 3.72. The van der Waals surface area contributed by atoms with Gasteiger partial charge in [-0.25, -0.2) is 0 Å². The largest absolute Gasteiger partial charge is 0.493 e. The first-order chi connectivity index (χ1) is 9.33. The van der Waals surface area contributed by atoms with Gasteiger partial charge in [0.1, 0.15) is 5.75 Å². The minimum atomic E-state index is 0.243. The molecule has 19 heavy (non-hydrogen) atoms. The smallest absolute Gasteiger partial charge is 0.223 e. The quantitative estimate of drug-likeness (QED) is 0.902. The van der Waals surface area contributed by atoms with Gasteiger partial charge in [0, 0.05) is 12.5 Å². The number of rotatable bonds is 4. The molecule has 1 aliphatic heterocycles. The molecule has 0 spiro atoms. The lowest BCUT2D eigenvalue weighted by molar-refractivity contribution is -0.127. The Morgan fingerprint density at radius 1 is 1.32 bits per heavy atom. The molecular weight excluding hydrogens is 238 g/mol. The summed E-state index contributed by atoms with van der Waals surface area (Å²) < 4.78 is 5.61. The Morgan fingerprint density at radius 3 is 3.00 bits per heavy atom. The molecule has 0 radical (unpaired) electrons. The lowest BCUT2D eigenvalue weighted by Gasteiger charge is -2.24. The SMILES string of the molecule is O=C(NCCc1ccc2c(c1)CCCO2)C1CCC1. The number of hydrogen-bond acceptors (Lipinski definition) is 2. The van der Waals surface area contributed by atoms with E-state index in [-0.39, 0.29) is 11.8 Å². The number of benzene rings is 1. The minimum Gasteiger partial charge on any atom is -0.493 e. The summed E-state index contributed by atoms with van der Waals surface area (Å²) in [5.74, 6) is 1.57. The van der Waals surface area contributed by atoms with Crippen LogP contribution >= 0.6 is 0 Å². The summed E-state index contributed by atoms with van der Waals surface area (Å²) in [5.41, 5.74) is 2.60. The summed E-state index contributed by atoms with van der Waals surface area (Å²) in [6.45, 7) is 1.58. The lowest BCUT2D eigenvalue weighted by Crippen LogP contribution is -2.35. The summed E-state index contributed by atoms with van der Waals surface area (Å²) >= 11 is 0. The van der Waals surface area contributed by atoms with Crippen molar-refractivity contribution < 1.29 is 9.53 Å². The molecule has 2 aliphatic rings. The van der Waals surface area contributed by atoms with Gasteiger partial charge in [0.05, 0.1) is 6.61 Å². The number of hydrogen-bond donors (Lipinski definition) is 1. The fourth-order valence-corrected chi connectivity index (χ4v) is 2.71. The van der Waals surface area contributed by atoms with Crippen LogP contribution in [0.3, 0.4) is 0 Å². The van der Waals surface area contributed by atoms with E-state index >= 15 is 0 Å². The zero-order valence-corrected chi connectivity index (χ0v) is 11.3. The number of fused-ring (bicyclic) bond motifs is 1. The van der Waals surface area contributed by atoms with Gasteiger partial charge in [-0.3, -0.25) is 4.79 Å². The van der Waals surface area contributed by atoms with Crippen molar-refractivity contribution in [3.63, 3.8) is 0 Å². The van der Waals surface area contributed by atoms with Crippen molar-refractivity contribution in [1.82, 2.24) is 5.32 Å². The molecule has 3 heteroatoms. The second-order valence-corrected chi connectivity index (χ2v) is 5.56. The van der Waals surface area contributed by atoms with Crippen LogP contribution in [-0.4, -0.2) is 19.1 Å². The van der Waals surface area contributed by atoms with E-state index in [0.29, 0.717) is 0 Å². The number of nitrogens with one attached hydrogen (secondary N) is 1. The number of carbonyl (C=O) groups is 1. The van der Waals surface area contributed by atoms with Gasteiger partial charge >= 0.3 is 0 Å². The van der Waals surface area contributed by atoms with Gasteiger partial charge < -0.3 is 10.1 Å². The summed E-state index contributed by atoms with van der Waals surface area (Å²) in [6.07, 6.45) is 6.48. The number of ether oxygens (including phenoxy) is 1. The predicted molar refractivity (Wildman–Crippen MR) is 74.3 cm³/mol. The molecule has 0 aromatic heterocycles. The van der Waals surface area contributed by atoms with Gasteiger partial charge in [0.15, 0.2) is 0 Å². The van der Waals surface area contributed by atoms with Crippen LogP contribution in [-0.2, 0) is 17.6 Å². The van der Waals surface area contributed by atoms with Crippen LogP contribution in [0.4, 0.5) is 0 Å². The second kappa shape index (κ2) is 5.64. The minimum absolute atomic E-state index is 0.243. The van der Waals surface area contributed by atoms with Gasteiger partial charge in [-0.1, -0.05) is 18.6 Å². The highest BCUT2D eigenvalue weighted by atomic mass is 16.5. The van der Waals surface area contributed by atoms with Gasteiger partial charge in [-0.15, -0.1) is 0 Å². The van der Waals surface area contributed by atoms with E-state index in [1.807, 2.05) is 0 Å². The molecule has 1 N–H and O–H groups in total. The predicted octanol–water partition coefficient (Wildman–Crippen LogP) is 2.47. The van der Waals surface area contributed by atoms with Crippen molar-refractivity contribution in [2.45, 2.75) is 38.5 Å². The standard InChI is InChI=1S/C16H21NO2/c18-16(13-3-1-4-13)17-9-8-12-6-7-15-14(11-12)5-2-10-19-15/h6-7,11,13H,1-5,8-10H2,(H,17,18). The highest BCUT2D eigenvalue weighted by Gasteiger charge is 2.24. The molecule has 1 amide bonds. The average molecular weight is 259 g/mol. The third kappa shape index (κ3) is 2.91. The highest BCUT2D eigenvalue weighted by Crippen LogP contribution is 2.27. The van der Waals surface area contributed by atoms with E-state index in [4.69, 9.17) is 4.74 Å². The van der Waals surface area contributed by atoms with E-state index in [0.717, 1.165) is 51.0 Å². The molecule has 1 saturated carbocycles. The van der Waals surface area contributed by atoms with Crippen LogP contribution in [0.1, 0.15) is 36.8 Å². The molecule has 1 aliphatic carbocycles. The van der Waals surface area contributed by atoms with Crippen LogP contribution < -0.4 is 10.1 Å².